The molecule has 104 valence electrons. The van der Waals surface area contributed by atoms with Crippen LogP contribution >= 0.6 is 0 Å². The summed E-state index contributed by atoms with van der Waals surface area (Å²) in [5, 5.41) is 0. The first-order chi connectivity index (χ1) is 8.04. The molecule has 0 N–H and O–H groups in total. The van der Waals surface area contributed by atoms with Crippen LogP contribution in [0.5, 0.6) is 0 Å². The van der Waals surface area contributed by atoms with Crippen molar-refractivity contribution in [1.29, 1.82) is 0 Å². The molecule has 0 spiro atoms. The molecular weight excluding hydrogens is 212 g/mol. The van der Waals surface area contributed by atoms with Gasteiger partial charge in [0.1, 0.15) is 5.78 Å². The zero-order valence-corrected chi connectivity index (χ0v) is 12.6. The molecule has 0 saturated carbocycles. The second kappa shape index (κ2) is 15.6. The fourth-order valence-corrected chi connectivity index (χ4v) is 1.48. The number of ether oxygens (including phenoxy) is 1. The molecule has 0 aliphatic heterocycles. The molecule has 0 fully saturated rings. The van der Waals surface area contributed by atoms with E-state index >= 15 is 0 Å². The van der Waals surface area contributed by atoms with Gasteiger partial charge in [0.25, 0.3) is 0 Å². The van der Waals surface area contributed by atoms with Gasteiger partial charge in [0.15, 0.2) is 0 Å². The predicted molar refractivity (Wildman–Crippen MR) is 75.4 cm³/mol. The summed E-state index contributed by atoms with van der Waals surface area (Å²) < 4.78 is 4.83. The molecule has 0 aliphatic carbocycles. The minimum atomic E-state index is 0.332. The van der Waals surface area contributed by atoms with E-state index in [2.05, 4.69) is 13.8 Å². The lowest BCUT2D eigenvalue weighted by molar-refractivity contribution is -0.117. The molecule has 0 rings (SSSR count). The number of hydrogen-bond acceptors (Lipinski definition) is 2. The van der Waals surface area contributed by atoms with E-state index in [1.807, 2.05) is 13.8 Å². The standard InChI is InChI=1S/C11H22O.C4H10O/c1-10(2)8-6-4-5-7-9-11(3)12;1-3-5-4-2/h10H,4-9H2,1-3H3;3-4H2,1-2H3. The third-order valence-corrected chi connectivity index (χ3v) is 2.47. The molecule has 2 nitrogen and oxygen atoms in total. The van der Waals surface area contributed by atoms with E-state index in [4.69, 9.17) is 4.74 Å². The third-order valence-electron chi connectivity index (χ3n) is 2.47. The van der Waals surface area contributed by atoms with Gasteiger partial charge in [-0.25, -0.2) is 0 Å². The van der Waals surface area contributed by atoms with E-state index in [0.29, 0.717) is 5.78 Å². The highest BCUT2D eigenvalue weighted by Crippen LogP contribution is 2.10. The van der Waals surface area contributed by atoms with Crippen LogP contribution in [-0.2, 0) is 9.53 Å². The topological polar surface area (TPSA) is 26.3 Å². The second-order valence-electron chi connectivity index (χ2n) is 4.83. The number of Topliss-reactive ketones (excluding diaryl/α,β-unsaturated/α-hetero) is 1. The van der Waals surface area contributed by atoms with Crippen LogP contribution in [0.2, 0.25) is 0 Å². The van der Waals surface area contributed by atoms with Crippen molar-refractivity contribution in [3.63, 3.8) is 0 Å². The lowest BCUT2D eigenvalue weighted by Crippen LogP contribution is -1.90. The Hall–Kier alpha value is -0.370. The Kier molecular flexibility index (Phi) is 17.5. The van der Waals surface area contributed by atoms with Crippen molar-refractivity contribution >= 4 is 5.78 Å². The van der Waals surface area contributed by atoms with Crippen molar-refractivity contribution in [3.8, 4) is 0 Å². The zero-order chi connectivity index (χ0) is 13.5. The van der Waals surface area contributed by atoms with E-state index in [1.165, 1.54) is 25.7 Å². The maximum Gasteiger partial charge on any atom is 0.129 e. The molecule has 2 heteroatoms. The Morgan fingerprint density at radius 1 is 1.00 bits per heavy atom. The molecule has 0 aromatic carbocycles. The van der Waals surface area contributed by atoms with Gasteiger partial charge in [0.2, 0.25) is 0 Å². The summed E-state index contributed by atoms with van der Waals surface area (Å²) in [5.41, 5.74) is 0. The lowest BCUT2D eigenvalue weighted by Gasteiger charge is -2.03. The summed E-state index contributed by atoms with van der Waals surface area (Å²) in [5.74, 6) is 1.16. The lowest BCUT2D eigenvalue weighted by atomic mass is 10.0. The highest BCUT2D eigenvalue weighted by Gasteiger charge is 1.95. The number of carbonyl (C=O) groups is 1. The summed E-state index contributed by atoms with van der Waals surface area (Å²) in [6, 6.07) is 0. The molecule has 0 heterocycles. The van der Waals surface area contributed by atoms with Crippen LogP contribution in [0, 0.1) is 5.92 Å². The molecule has 0 saturated heterocycles. The van der Waals surface area contributed by atoms with E-state index in [1.54, 1.807) is 6.92 Å². The SMILES string of the molecule is CC(=O)CCCCCCC(C)C.CCOCC. The Bertz CT molecular complexity index is 151. The van der Waals surface area contributed by atoms with Crippen molar-refractivity contribution < 1.29 is 9.53 Å². The van der Waals surface area contributed by atoms with Gasteiger partial charge in [-0.1, -0.05) is 39.5 Å². The molecule has 0 aromatic rings. The zero-order valence-electron chi connectivity index (χ0n) is 12.6. The van der Waals surface area contributed by atoms with Gasteiger partial charge < -0.3 is 9.53 Å². The first-order valence-corrected chi connectivity index (χ1v) is 7.11. The minimum absolute atomic E-state index is 0.332. The van der Waals surface area contributed by atoms with Gasteiger partial charge >= 0.3 is 0 Å². The monoisotopic (exact) mass is 244 g/mol. The van der Waals surface area contributed by atoms with Gasteiger partial charge in [-0.15, -0.1) is 0 Å². The van der Waals surface area contributed by atoms with Crippen molar-refractivity contribution in [2.75, 3.05) is 13.2 Å². The fraction of sp³-hybridized carbons (Fsp3) is 0.933. The van der Waals surface area contributed by atoms with E-state index < -0.39 is 0 Å². The van der Waals surface area contributed by atoms with Gasteiger partial charge in [-0.05, 0) is 33.1 Å². The van der Waals surface area contributed by atoms with Crippen molar-refractivity contribution in [1.82, 2.24) is 0 Å². The van der Waals surface area contributed by atoms with E-state index in [0.717, 1.165) is 32.0 Å². The van der Waals surface area contributed by atoms with E-state index in [9.17, 15) is 4.79 Å². The van der Waals surface area contributed by atoms with Crippen molar-refractivity contribution in [3.05, 3.63) is 0 Å². The molecule has 0 aliphatic rings. The maximum atomic E-state index is 10.6. The third kappa shape index (κ3) is 25.7. The second-order valence-corrected chi connectivity index (χ2v) is 4.83. The summed E-state index contributed by atoms with van der Waals surface area (Å²) in [7, 11) is 0. The first kappa shape index (κ1) is 19.0. The normalized spacial score (nSPS) is 10.0. The fourth-order valence-electron chi connectivity index (χ4n) is 1.48. The smallest absolute Gasteiger partial charge is 0.129 e. The quantitative estimate of drug-likeness (QED) is 0.553. The highest BCUT2D eigenvalue weighted by molar-refractivity contribution is 5.75. The molecular formula is C15H32O2. The van der Waals surface area contributed by atoms with Crippen LogP contribution in [0.3, 0.4) is 0 Å². The van der Waals surface area contributed by atoms with Crippen LogP contribution in [0.4, 0.5) is 0 Å². The molecule has 0 unspecified atom stereocenters. The highest BCUT2D eigenvalue weighted by atomic mass is 16.5. The summed E-state index contributed by atoms with van der Waals surface area (Å²) in [4.78, 5) is 10.6. The molecule has 0 bridgehead atoms. The van der Waals surface area contributed by atoms with Crippen molar-refractivity contribution in [2.45, 2.75) is 73.1 Å². The predicted octanol–water partition coefficient (Wildman–Crippen LogP) is 4.61. The Morgan fingerprint density at radius 3 is 1.88 bits per heavy atom. The van der Waals surface area contributed by atoms with Gasteiger partial charge in [0, 0.05) is 19.6 Å². The summed E-state index contributed by atoms with van der Waals surface area (Å²) >= 11 is 0. The molecule has 0 radical (unpaired) electrons. The van der Waals surface area contributed by atoms with Gasteiger partial charge in [-0.3, -0.25) is 0 Å². The number of unbranched alkanes of at least 4 members (excludes halogenated alkanes) is 3. The number of rotatable bonds is 9. The molecule has 0 amide bonds. The Balaban J connectivity index is 0. The minimum Gasteiger partial charge on any atom is -0.382 e. The number of carbonyl (C=O) groups excluding carboxylic acids is 1. The average Bonchev–Trinajstić information content (AvgIpc) is 2.24. The van der Waals surface area contributed by atoms with Crippen LogP contribution in [0.1, 0.15) is 73.1 Å². The molecule has 0 aromatic heterocycles. The summed E-state index contributed by atoms with van der Waals surface area (Å²) in [6.45, 7) is 11.9. The Labute approximate surface area is 108 Å². The summed E-state index contributed by atoms with van der Waals surface area (Å²) in [6.07, 6.45) is 7.06. The number of ketones is 1. The molecule has 17 heavy (non-hydrogen) atoms. The molecule has 0 atom stereocenters. The van der Waals surface area contributed by atoms with Crippen molar-refractivity contribution in [2.24, 2.45) is 5.92 Å². The van der Waals surface area contributed by atoms with Crippen LogP contribution in [0.15, 0.2) is 0 Å². The first-order valence-electron chi connectivity index (χ1n) is 7.11. The van der Waals surface area contributed by atoms with Crippen LogP contribution < -0.4 is 0 Å². The maximum absolute atomic E-state index is 10.6. The van der Waals surface area contributed by atoms with Crippen LogP contribution in [-0.4, -0.2) is 19.0 Å². The largest absolute Gasteiger partial charge is 0.382 e. The van der Waals surface area contributed by atoms with Gasteiger partial charge in [-0.2, -0.15) is 0 Å². The average molecular weight is 244 g/mol. The van der Waals surface area contributed by atoms with Gasteiger partial charge in [0.05, 0.1) is 0 Å². The van der Waals surface area contributed by atoms with E-state index in [-0.39, 0.29) is 0 Å². The number of hydrogen-bond donors (Lipinski definition) is 0. The Morgan fingerprint density at radius 2 is 1.53 bits per heavy atom. The van der Waals surface area contributed by atoms with Crippen LogP contribution in [0.25, 0.3) is 0 Å².